The van der Waals surface area contributed by atoms with Crippen LogP contribution in [0.15, 0.2) is 90.0 Å². The van der Waals surface area contributed by atoms with Crippen LogP contribution in [0, 0.1) is 0 Å². The lowest BCUT2D eigenvalue weighted by atomic mass is 9.95. The van der Waals surface area contributed by atoms with Crippen molar-refractivity contribution in [2.45, 2.75) is 24.7 Å². The van der Waals surface area contributed by atoms with Gasteiger partial charge in [-0.3, -0.25) is 9.78 Å². The number of hydrogen-bond acceptors (Lipinski definition) is 4. The van der Waals surface area contributed by atoms with Gasteiger partial charge in [-0.1, -0.05) is 55.8 Å². The molecule has 178 valence electrons. The maximum Gasteiger partial charge on any atom is 0.256 e. The molecule has 7 heteroatoms. The van der Waals surface area contributed by atoms with Gasteiger partial charge < -0.3 is 5.32 Å². The number of benzene rings is 3. The largest absolute Gasteiger partial charge is 0.322 e. The zero-order chi connectivity index (χ0) is 25.2. The van der Waals surface area contributed by atoms with Crippen molar-refractivity contribution in [3.8, 4) is 22.4 Å². The Kier molecular flexibility index (Phi) is 7.05. The second kappa shape index (κ2) is 10.0. The Labute approximate surface area is 210 Å². The Morgan fingerprint density at radius 3 is 2.29 bits per heavy atom. The molecule has 0 aliphatic heterocycles. The normalized spacial score (nSPS) is 11.5. The average Bonchev–Trinajstić information content (AvgIpc) is 2.85. The highest BCUT2D eigenvalue weighted by Gasteiger charge is 2.18. The zero-order valence-corrected chi connectivity index (χ0v) is 21.2. The van der Waals surface area contributed by atoms with Gasteiger partial charge in [0.2, 0.25) is 0 Å². The maximum absolute atomic E-state index is 13.4. The van der Waals surface area contributed by atoms with Crippen LogP contribution in [-0.2, 0) is 9.84 Å². The van der Waals surface area contributed by atoms with Crippen molar-refractivity contribution < 1.29 is 13.2 Å². The van der Waals surface area contributed by atoms with Crippen LogP contribution in [0.1, 0.15) is 35.7 Å². The third kappa shape index (κ3) is 5.61. The van der Waals surface area contributed by atoms with E-state index in [0.717, 1.165) is 17.4 Å². The average molecular weight is 505 g/mol. The monoisotopic (exact) mass is 504 g/mol. The van der Waals surface area contributed by atoms with E-state index in [2.05, 4.69) is 24.1 Å². The van der Waals surface area contributed by atoms with Crippen molar-refractivity contribution in [2.24, 2.45) is 0 Å². The van der Waals surface area contributed by atoms with E-state index >= 15 is 0 Å². The molecule has 0 atom stereocenters. The molecule has 0 radical (unpaired) electrons. The van der Waals surface area contributed by atoms with E-state index in [0.29, 0.717) is 39.0 Å². The van der Waals surface area contributed by atoms with Crippen molar-refractivity contribution in [3.05, 3.63) is 101 Å². The van der Waals surface area contributed by atoms with Gasteiger partial charge in [-0.25, -0.2) is 8.42 Å². The molecule has 0 saturated heterocycles. The Hall–Kier alpha value is -3.48. The molecule has 0 saturated carbocycles. The summed E-state index contributed by atoms with van der Waals surface area (Å²) in [7, 11) is -3.45. The number of rotatable bonds is 6. The van der Waals surface area contributed by atoms with E-state index < -0.39 is 9.84 Å². The molecule has 5 nitrogen and oxygen atoms in total. The molecule has 0 fully saturated rings. The molecule has 1 heterocycles. The summed E-state index contributed by atoms with van der Waals surface area (Å²) in [5, 5.41) is 3.44. The Morgan fingerprint density at radius 1 is 0.914 bits per heavy atom. The number of halogens is 1. The summed E-state index contributed by atoms with van der Waals surface area (Å²) < 4.78 is 24.4. The van der Waals surface area contributed by atoms with Crippen LogP contribution in [0.25, 0.3) is 22.4 Å². The van der Waals surface area contributed by atoms with E-state index in [1.807, 2.05) is 42.5 Å². The smallest absolute Gasteiger partial charge is 0.256 e. The van der Waals surface area contributed by atoms with Crippen LogP contribution in [0.4, 0.5) is 5.69 Å². The molecular formula is C28H25ClN2O3S. The van der Waals surface area contributed by atoms with Gasteiger partial charge in [0.05, 0.1) is 15.6 Å². The number of aromatic nitrogens is 1. The van der Waals surface area contributed by atoms with Gasteiger partial charge in [0.15, 0.2) is 9.84 Å². The molecule has 0 aliphatic rings. The summed E-state index contributed by atoms with van der Waals surface area (Å²) in [5.74, 6) is -0.00495. The third-order valence-electron chi connectivity index (χ3n) is 5.72. The van der Waals surface area contributed by atoms with Crippen LogP contribution in [-0.4, -0.2) is 25.6 Å². The fourth-order valence-corrected chi connectivity index (χ4v) is 4.62. The highest BCUT2D eigenvalue weighted by Crippen LogP contribution is 2.32. The van der Waals surface area contributed by atoms with Crippen LogP contribution in [0.3, 0.4) is 0 Å². The lowest BCUT2D eigenvalue weighted by Gasteiger charge is -2.14. The molecule has 0 aliphatic carbocycles. The molecule has 0 unspecified atom stereocenters. The summed E-state index contributed by atoms with van der Waals surface area (Å²) >= 11 is 6.38. The summed E-state index contributed by atoms with van der Waals surface area (Å²) in [4.78, 5) is 17.9. The molecule has 3 aromatic carbocycles. The molecule has 1 N–H and O–H groups in total. The first-order chi connectivity index (χ1) is 16.6. The number of nitrogens with one attached hydrogen (secondary N) is 1. The summed E-state index contributed by atoms with van der Waals surface area (Å²) in [6, 6.07) is 23.1. The van der Waals surface area contributed by atoms with Gasteiger partial charge in [0.25, 0.3) is 5.91 Å². The van der Waals surface area contributed by atoms with Crippen LogP contribution >= 0.6 is 11.6 Å². The first kappa shape index (κ1) is 24.6. The van der Waals surface area contributed by atoms with Crippen molar-refractivity contribution in [1.29, 1.82) is 0 Å². The van der Waals surface area contributed by atoms with Crippen molar-refractivity contribution in [2.75, 3.05) is 11.6 Å². The van der Waals surface area contributed by atoms with E-state index in [4.69, 9.17) is 11.6 Å². The Balaban J connectivity index is 1.73. The topological polar surface area (TPSA) is 76.1 Å². The Bertz CT molecular complexity index is 1480. The van der Waals surface area contributed by atoms with Gasteiger partial charge in [-0.15, -0.1) is 0 Å². The molecule has 35 heavy (non-hydrogen) atoms. The van der Waals surface area contributed by atoms with Crippen LogP contribution < -0.4 is 5.32 Å². The highest BCUT2D eigenvalue weighted by molar-refractivity contribution is 7.90. The van der Waals surface area contributed by atoms with Gasteiger partial charge in [-0.2, -0.15) is 0 Å². The number of carbonyl (C=O) groups excluding carboxylic acids is 1. The second-order valence-corrected chi connectivity index (χ2v) is 11.0. The quantitative estimate of drug-likeness (QED) is 0.311. The Morgan fingerprint density at radius 2 is 1.66 bits per heavy atom. The molecule has 4 rings (SSSR count). The van der Waals surface area contributed by atoms with Crippen molar-refractivity contribution in [1.82, 2.24) is 4.98 Å². The van der Waals surface area contributed by atoms with E-state index in [9.17, 15) is 13.2 Å². The number of pyridine rings is 1. The lowest BCUT2D eigenvalue weighted by molar-refractivity contribution is 0.102. The molecule has 0 bridgehead atoms. The molecular weight excluding hydrogens is 480 g/mol. The van der Waals surface area contributed by atoms with Gasteiger partial charge in [0.1, 0.15) is 0 Å². The van der Waals surface area contributed by atoms with E-state index in [1.165, 1.54) is 6.07 Å². The maximum atomic E-state index is 13.4. The summed E-state index contributed by atoms with van der Waals surface area (Å²) in [6.45, 7) is 4.20. The van der Waals surface area contributed by atoms with E-state index in [-0.39, 0.29) is 10.8 Å². The first-order valence-electron chi connectivity index (χ1n) is 11.1. The minimum Gasteiger partial charge on any atom is -0.322 e. The van der Waals surface area contributed by atoms with Gasteiger partial charge >= 0.3 is 0 Å². The number of hydrogen-bond donors (Lipinski definition) is 1. The molecule has 0 spiro atoms. The van der Waals surface area contributed by atoms with Crippen molar-refractivity contribution in [3.63, 3.8) is 0 Å². The SMILES string of the molecule is CC(C)c1ccc(-c2cc(S(C)(=O)=O)ccc2C(=O)Nc2ccc(Cl)c(-c3ccccn3)c2)cc1. The predicted molar refractivity (Wildman–Crippen MR) is 142 cm³/mol. The molecule has 1 amide bonds. The van der Waals surface area contributed by atoms with E-state index in [1.54, 1.807) is 36.5 Å². The lowest BCUT2D eigenvalue weighted by Crippen LogP contribution is -2.14. The van der Waals surface area contributed by atoms with Crippen LogP contribution in [0.2, 0.25) is 5.02 Å². The third-order valence-corrected chi connectivity index (χ3v) is 7.16. The van der Waals surface area contributed by atoms with Crippen LogP contribution in [0.5, 0.6) is 0 Å². The number of nitrogens with zero attached hydrogens (tertiary/aromatic N) is 1. The standard InChI is InChI=1S/C28H25ClN2O3S/c1-18(2)19-7-9-20(10-8-19)24-17-22(35(3,33)34)12-13-23(24)28(32)31-21-11-14-26(29)25(16-21)27-6-4-5-15-30-27/h4-18H,1-3H3,(H,31,32). The predicted octanol–water partition coefficient (Wildman–Crippen LogP) is 6.85. The summed E-state index contributed by atoms with van der Waals surface area (Å²) in [5.41, 5.74) is 4.76. The summed E-state index contributed by atoms with van der Waals surface area (Å²) in [6.07, 6.45) is 2.83. The number of sulfone groups is 1. The molecule has 4 aromatic rings. The van der Waals surface area contributed by atoms with Crippen molar-refractivity contribution >= 4 is 33.0 Å². The number of anilines is 1. The number of amides is 1. The minimum absolute atomic E-state index is 0.154. The molecule has 1 aromatic heterocycles. The fourth-order valence-electron chi connectivity index (χ4n) is 3.76. The first-order valence-corrected chi connectivity index (χ1v) is 13.4. The van der Waals surface area contributed by atoms with Gasteiger partial charge in [-0.05, 0) is 71.1 Å². The second-order valence-electron chi connectivity index (χ2n) is 8.62. The zero-order valence-electron chi connectivity index (χ0n) is 19.6. The highest BCUT2D eigenvalue weighted by atomic mass is 35.5. The fraction of sp³-hybridized carbons (Fsp3) is 0.143. The minimum atomic E-state index is -3.45. The number of carbonyl (C=O) groups is 1. The van der Waals surface area contributed by atoms with Gasteiger partial charge in [0, 0.05) is 29.3 Å².